The predicted octanol–water partition coefficient (Wildman–Crippen LogP) is 1.83. The fourth-order valence-electron chi connectivity index (χ4n) is 2.85. The van der Waals surface area contributed by atoms with Gasteiger partial charge in [-0.15, -0.1) is 11.8 Å². The Bertz CT molecular complexity index is 532. The number of hydrogen-bond donors (Lipinski definition) is 2. The highest BCUT2D eigenvalue weighted by Crippen LogP contribution is 2.26. The van der Waals surface area contributed by atoms with E-state index in [9.17, 15) is 9.90 Å². The fourth-order valence-corrected chi connectivity index (χ4v) is 3.90. The first kappa shape index (κ1) is 14.6. The maximum Gasteiger partial charge on any atom is 0.245 e. The summed E-state index contributed by atoms with van der Waals surface area (Å²) in [6, 6.07) is 9.66. The summed E-state index contributed by atoms with van der Waals surface area (Å²) < 4.78 is 0. The van der Waals surface area contributed by atoms with Crippen molar-refractivity contribution in [2.45, 2.75) is 31.4 Å². The lowest BCUT2D eigenvalue weighted by Crippen LogP contribution is -2.38. The van der Waals surface area contributed by atoms with Crippen molar-refractivity contribution >= 4 is 22.7 Å². The number of nitrogens with one attached hydrogen (secondary N) is 1. The molecular formula is C16H20N2O2S. The number of amides is 1. The number of benzene rings is 1. The molecular weight excluding hydrogens is 284 g/mol. The molecule has 1 aliphatic heterocycles. The van der Waals surface area contributed by atoms with Gasteiger partial charge in [0.15, 0.2) is 0 Å². The Morgan fingerprint density at radius 3 is 2.86 bits per heavy atom. The van der Waals surface area contributed by atoms with E-state index in [4.69, 9.17) is 0 Å². The van der Waals surface area contributed by atoms with Gasteiger partial charge in [0.2, 0.25) is 5.91 Å². The quantitative estimate of drug-likeness (QED) is 0.892. The van der Waals surface area contributed by atoms with E-state index in [1.54, 1.807) is 11.8 Å². The van der Waals surface area contributed by atoms with Gasteiger partial charge < -0.3 is 10.4 Å². The van der Waals surface area contributed by atoms with Crippen molar-refractivity contribution < 1.29 is 9.90 Å². The van der Waals surface area contributed by atoms with Crippen LogP contribution in [0.25, 0.3) is 0 Å². The van der Waals surface area contributed by atoms with E-state index in [1.807, 2.05) is 30.3 Å². The molecule has 1 amide bonds. The van der Waals surface area contributed by atoms with Crippen LogP contribution < -0.4 is 5.32 Å². The summed E-state index contributed by atoms with van der Waals surface area (Å²) in [7, 11) is 0. The van der Waals surface area contributed by atoms with Gasteiger partial charge in [0.05, 0.1) is 11.1 Å². The van der Waals surface area contributed by atoms with Crippen LogP contribution >= 0.6 is 11.8 Å². The summed E-state index contributed by atoms with van der Waals surface area (Å²) in [6.07, 6.45) is 2.65. The molecule has 1 heterocycles. The molecule has 112 valence electrons. The number of carbonyl (C=O) groups is 1. The maximum absolute atomic E-state index is 12.2. The van der Waals surface area contributed by atoms with Gasteiger partial charge in [0.1, 0.15) is 6.04 Å². The third-order valence-corrected chi connectivity index (χ3v) is 5.23. The number of aliphatic hydroxyl groups is 1. The van der Waals surface area contributed by atoms with Crippen LogP contribution in [0.4, 0.5) is 0 Å². The largest absolute Gasteiger partial charge is 0.393 e. The average Bonchev–Trinajstić information content (AvgIpc) is 3.15. The highest BCUT2D eigenvalue weighted by atomic mass is 32.2. The standard InChI is InChI=1S/C16H20N2O2S/c19-14-8-4-7-12(14)9-17-15(20)13-10-21-16(18-13)11-5-2-1-3-6-11/h1-3,5-6,12-14,19H,4,7-10H2,(H,17,20). The first-order valence-electron chi connectivity index (χ1n) is 7.46. The lowest BCUT2D eigenvalue weighted by molar-refractivity contribution is -0.122. The van der Waals surface area contributed by atoms with E-state index in [-0.39, 0.29) is 24.0 Å². The first-order valence-corrected chi connectivity index (χ1v) is 8.44. The number of rotatable bonds is 4. The van der Waals surface area contributed by atoms with Crippen LogP contribution in [0.1, 0.15) is 24.8 Å². The second-order valence-corrected chi connectivity index (χ2v) is 6.64. The molecule has 1 saturated carbocycles. The van der Waals surface area contributed by atoms with E-state index in [1.165, 1.54) is 0 Å². The van der Waals surface area contributed by atoms with E-state index < -0.39 is 0 Å². The molecule has 0 radical (unpaired) electrons. The lowest BCUT2D eigenvalue weighted by Gasteiger charge is -2.16. The Morgan fingerprint density at radius 2 is 2.14 bits per heavy atom. The van der Waals surface area contributed by atoms with Crippen LogP contribution in [0.5, 0.6) is 0 Å². The first-order chi connectivity index (χ1) is 10.2. The molecule has 3 unspecified atom stereocenters. The number of thioether (sulfide) groups is 1. The summed E-state index contributed by atoms with van der Waals surface area (Å²) in [6.45, 7) is 0.567. The van der Waals surface area contributed by atoms with Gasteiger partial charge in [-0.25, -0.2) is 0 Å². The summed E-state index contributed by atoms with van der Waals surface area (Å²) in [4.78, 5) is 16.7. The molecule has 0 aromatic heterocycles. The Labute approximate surface area is 129 Å². The number of hydrogen-bond acceptors (Lipinski definition) is 4. The van der Waals surface area contributed by atoms with Gasteiger partial charge in [0, 0.05) is 23.8 Å². The average molecular weight is 304 g/mol. The number of aliphatic imine (C=N–C) groups is 1. The molecule has 1 fully saturated rings. The second-order valence-electron chi connectivity index (χ2n) is 5.63. The minimum Gasteiger partial charge on any atom is -0.393 e. The minimum absolute atomic E-state index is 0.0208. The molecule has 1 aromatic rings. The van der Waals surface area contributed by atoms with Gasteiger partial charge in [-0.05, 0) is 12.8 Å². The number of carbonyl (C=O) groups excluding carboxylic acids is 1. The van der Waals surface area contributed by atoms with Crippen molar-refractivity contribution in [3.63, 3.8) is 0 Å². The molecule has 5 heteroatoms. The number of nitrogens with zero attached hydrogens (tertiary/aromatic N) is 1. The van der Waals surface area contributed by atoms with Crippen molar-refractivity contribution in [1.29, 1.82) is 0 Å². The van der Waals surface area contributed by atoms with Gasteiger partial charge in [-0.3, -0.25) is 9.79 Å². The van der Waals surface area contributed by atoms with Crippen LogP contribution in [0.3, 0.4) is 0 Å². The van der Waals surface area contributed by atoms with Gasteiger partial charge in [0.25, 0.3) is 0 Å². The van der Waals surface area contributed by atoms with E-state index in [0.717, 1.165) is 29.9 Å². The molecule has 0 bridgehead atoms. The van der Waals surface area contributed by atoms with Crippen LogP contribution in [0.2, 0.25) is 0 Å². The number of aliphatic hydroxyl groups excluding tert-OH is 1. The molecule has 21 heavy (non-hydrogen) atoms. The van der Waals surface area contributed by atoms with Crippen LogP contribution in [0.15, 0.2) is 35.3 Å². The molecule has 0 saturated heterocycles. The Hall–Kier alpha value is -1.33. The van der Waals surface area contributed by atoms with E-state index in [0.29, 0.717) is 12.3 Å². The molecule has 2 N–H and O–H groups in total. The van der Waals surface area contributed by atoms with E-state index >= 15 is 0 Å². The topological polar surface area (TPSA) is 61.7 Å². The van der Waals surface area contributed by atoms with Crippen molar-refractivity contribution in [2.75, 3.05) is 12.3 Å². The van der Waals surface area contributed by atoms with Crippen molar-refractivity contribution in [2.24, 2.45) is 10.9 Å². The SMILES string of the molecule is O=C(NCC1CCCC1O)C1CSC(c2ccccc2)=N1. The van der Waals surface area contributed by atoms with Gasteiger partial charge >= 0.3 is 0 Å². The molecule has 1 aliphatic carbocycles. The highest BCUT2D eigenvalue weighted by molar-refractivity contribution is 8.14. The third kappa shape index (κ3) is 3.47. The van der Waals surface area contributed by atoms with Crippen LogP contribution in [0, 0.1) is 5.92 Å². The molecule has 4 nitrogen and oxygen atoms in total. The fraction of sp³-hybridized carbons (Fsp3) is 0.500. The Balaban J connectivity index is 1.55. The van der Waals surface area contributed by atoms with Crippen molar-refractivity contribution in [3.8, 4) is 0 Å². The Morgan fingerprint density at radius 1 is 1.33 bits per heavy atom. The molecule has 3 rings (SSSR count). The summed E-state index contributed by atoms with van der Waals surface area (Å²) >= 11 is 1.63. The summed E-state index contributed by atoms with van der Waals surface area (Å²) in [5.74, 6) is 0.886. The monoisotopic (exact) mass is 304 g/mol. The zero-order valence-electron chi connectivity index (χ0n) is 11.9. The zero-order valence-corrected chi connectivity index (χ0v) is 12.7. The van der Waals surface area contributed by atoms with E-state index in [2.05, 4.69) is 10.3 Å². The van der Waals surface area contributed by atoms with Crippen LogP contribution in [-0.4, -0.2) is 40.5 Å². The second kappa shape index (κ2) is 6.62. The minimum atomic E-state index is -0.302. The Kier molecular flexibility index (Phi) is 4.60. The maximum atomic E-state index is 12.2. The molecule has 3 atom stereocenters. The zero-order chi connectivity index (χ0) is 14.7. The van der Waals surface area contributed by atoms with Gasteiger partial charge in [-0.2, -0.15) is 0 Å². The molecule has 2 aliphatic rings. The summed E-state index contributed by atoms with van der Waals surface area (Å²) in [5, 5.41) is 13.7. The van der Waals surface area contributed by atoms with Crippen LogP contribution in [-0.2, 0) is 4.79 Å². The van der Waals surface area contributed by atoms with Gasteiger partial charge in [-0.1, -0.05) is 36.8 Å². The normalized spacial score (nSPS) is 28.4. The molecule has 0 spiro atoms. The molecule has 1 aromatic carbocycles. The summed E-state index contributed by atoms with van der Waals surface area (Å²) in [5.41, 5.74) is 1.07. The highest BCUT2D eigenvalue weighted by Gasteiger charge is 2.29. The van der Waals surface area contributed by atoms with Crippen molar-refractivity contribution in [3.05, 3.63) is 35.9 Å². The third-order valence-electron chi connectivity index (χ3n) is 4.13. The lowest BCUT2D eigenvalue weighted by atomic mass is 10.1. The predicted molar refractivity (Wildman–Crippen MR) is 85.6 cm³/mol. The smallest absolute Gasteiger partial charge is 0.245 e. The van der Waals surface area contributed by atoms with Crippen molar-refractivity contribution in [1.82, 2.24) is 5.32 Å².